The number of carboxylic acid groups (broad SMARTS) is 1. The van der Waals surface area contributed by atoms with Crippen LogP contribution in [-0.2, 0) is 14.3 Å². The van der Waals surface area contributed by atoms with E-state index in [0.717, 1.165) is 5.56 Å². The summed E-state index contributed by atoms with van der Waals surface area (Å²) in [5.74, 6) is -1.25. The van der Waals surface area contributed by atoms with Crippen molar-refractivity contribution in [3.8, 4) is 0 Å². The van der Waals surface area contributed by atoms with Crippen molar-refractivity contribution in [2.75, 3.05) is 6.54 Å². The number of benzene rings is 1. The Hall–Kier alpha value is -1.92. The lowest BCUT2D eigenvalue weighted by atomic mass is 10.1. The molecular weight excluding hydrogens is 260 g/mol. The molecule has 6 nitrogen and oxygen atoms in total. The quantitative estimate of drug-likeness (QED) is 0.725. The highest BCUT2D eigenvalue weighted by molar-refractivity contribution is 5.82. The van der Waals surface area contributed by atoms with Crippen LogP contribution in [0.15, 0.2) is 30.3 Å². The Morgan fingerprint density at radius 3 is 2.65 bits per heavy atom. The van der Waals surface area contributed by atoms with Crippen molar-refractivity contribution in [3.05, 3.63) is 35.9 Å². The largest absolute Gasteiger partial charge is 0.479 e. The molecule has 1 aromatic rings. The van der Waals surface area contributed by atoms with Gasteiger partial charge in [-0.3, -0.25) is 4.79 Å². The van der Waals surface area contributed by atoms with Gasteiger partial charge < -0.3 is 20.9 Å². The second kappa shape index (κ2) is 6.49. The summed E-state index contributed by atoms with van der Waals surface area (Å²) in [6.45, 7) is 0.281. The standard InChI is InChI=1S/C14H18N2O4/c15-12(9-4-2-1-3-5-9)13(17)16-8-10-6-7-11(20-10)14(18)19/h1-5,10-12H,6-8,15H2,(H,16,17)(H,18,19)/t10?,11?,12-/m1/s1. The number of ether oxygens (including phenoxy) is 1. The van der Waals surface area contributed by atoms with Crippen LogP contribution in [0, 0.1) is 0 Å². The first-order valence-electron chi connectivity index (χ1n) is 6.54. The van der Waals surface area contributed by atoms with E-state index < -0.39 is 18.1 Å². The molecule has 0 radical (unpaired) electrons. The van der Waals surface area contributed by atoms with Crippen LogP contribution in [0.5, 0.6) is 0 Å². The van der Waals surface area contributed by atoms with Gasteiger partial charge in [-0.15, -0.1) is 0 Å². The van der Waals surface area contributed by atoms with Crippen LogP contribution in [-0.4, -0.2) is 35.7 Å². The van der Waals surface area contributed by atoms with E-state index in [1.807, 2.05) is 18.2 Å². The van der Waals surface area contributed by atoms with Crippen LogP contribution >= 0.6 is 0 Å². The minimum Gasteiger partial charge on any atom is -0.479 e. The summed E-state index contributed by atoms with van der Waals surface area (Å²) in [4.78, 5) is 22.7. The maximum atomic E-state index is 11.9. The predicted molar refractivity (Wildman–Crippen MR) is 71.9 cm³/mol. The molecule has 0 bridgehead atoms. The Balaban J connectivity index is 1.80. The van der Waals surface area contributed by atoms with Crippen molar-refractivity contribution < 1.29 is 19.4 Å². The van der Waals surface area contributed by atoms with Gasteiger partial charge in [0.1, 0.15) is 6.04 Å². The minimum absolute atomic E-state index is 0.261. The van der Waals surface area contributed by atoms with E-state index in [0.29, 0.717) is 12.8 Å². The highest BCUT2D eigenvalue weighted by Gasteiger charge is 2.30. The maximum Gasteiger partial charge on any atom is 0.332 e. The summed E-state index contributed by atoms with van der Waals surface area (Å²) in [7, 11) is 0. The molecule has 0 aromatic heterocycles. The highest BCUT2D eigenvalue weighted by atomic mass is 16.5. The van der Waals surface area contributed by atoms with Gasteiger partial charge in [0.15, 0.2) is 6.10 Å². The van der Waals surface area contributed by atoms with E-state index in [4.69, 9.17) is 15.6 Å². The average molecular weight is 278 g/mol. The van der Waals surface area contributed by atoms with Crippen molar-refractivity contribution in [3.63, 3.8) is 0 Å². The van der Waals surface area contributed by atoms with Crippen LogP contribution in [0.2, 0.25) is 0 Å². The highest BCUT2D eigenvalue weighted by Crippen LogP contribution is 2.19. The zero-order chi connectivity index (χ0) is 14.5. The van der Waals surface area contributed by atoms with E-state index in [1.165, 1.54) is 0 Å². The van der Waals surface area contributed by atoms with Crippen LogP contribution in [0.4, 0.5) is 0 Å². The molecule has 4 N–H and O–H groups in total. The van der Waals surface area contributed by atoms with Gasteiger partial charge in [0.2, 0.25) is 5.91 Å². The Bertz CT molecular complexity index is 477. The molecule has 1 fully saturated rings. The summed E-state index contributed by atoms with van der Waals surface area (Å²) in [6.07, 6.45) is 0.0704. The third-order valence-electron chi connectivity index (χ3n) is 3.33. The van der Waals surface area contributed by atoms with Gasteiger partial charge in [0, 0.05) is 6.54 Å². The second-order valence-electron chi connectivity index (χ2n) is 4.80. The van der Waals surface area contributed by atoms with Crippen molar-refractivity contribution in [2.45, 2.75) is 31.1 Å². The average Bonchev–Trinajstić information content (AvgIpc) is 2.94. The lowest BCUT2D eigenvalue weighted by Gasteiger charge is -2.15. The van der Waals surface area contributed by atoms with E-state index in [-0.39, 0.29) is 18.6 Å². The summed E-state index contributed by atoms with van der Waals surface area (Å²) in [5, 5.41) is 11.5. The molecule has 0 saturated carbocycles. The van der Waals surface area contributed by atoms with Crippen molar-refractivity contribution in [1.82, 2.24) is 5.32 Å². The lowest BCUT2D eigenvalue weighted by molar-refractivity contribution is -0.149. The van der Waals surface area contributed by atoms with Gasteiger partial charge in [-0.1, -0.05) is 30.3 Å². The van der Waals surface area contributed by atoms with Crippen molar-refractivity contribution in [2.24, 2.45) is 5.73 Å². The van der Waals surface area contributed by atoms with Crippen molar-refractivity contribution in [1.29, 1.82) is 0 Å². The molecule has 1 saturated heterocycles. The molecule has 2 unspecified atom stereocenters. The van der Waals surface area contributed by atoms with Crippen molar-refractivity contribution >= 4 is 11.9 Å². The van der Waals surface area contributed by atoms with Gasteiger partial charge in [-0.25, -0.2) is 4.79 Å². The molecule has 1 amide bonds. The Morgan fingerprint density at radius 2 is 2.05 bits per heavy atom. The Morgan fingerprint density at radius 1 is 1.35 bits per heavy atom. The topological polar surface area (TPSA) is 102 Å². The number of aliphatic carboxylic acids is 1. The third kappa shape index (κ3) is 3.55. The zero-order valence-electron chi connectivity index (χ0n) is 11.0. The molecule has 3 atom stereocenters. The fraction of sp³-hybridized carbons (Fsp3) is 0.429. The fourth-order valence-corrected chi connectivity index (χ4v) is 2.17. The van der Waals surface area contributed by atoms with E-state index in [1.54, 1.807) is 12.1 Å². The number of carbonyl (C=O) groups excluding carboxylic acids is 1. The maximum absolute atomic E-state index is 11.9. The molecular formula is C14H18N2O4. The van der Waals surface area contributed by atoms with E-state index >= 15 is 0 Å². The Kier molecular flexibility index (Phi) is 4.70. The molecule has 20 heavy (non-hydrogen) atoms. The van der Waals surface area contributed by atoms with Crippen LogP contribution < -0.4 is 11.1 Å². The van der Waals surface area contributed by atoms with E-state index in [2.05, 4.69) is 5.32 Å². The molecule has 1 heterocycles. The van der Waals surface area contributed by atoms with Gasteiger partial charge in [-0.05, 0) is 18.4 Å². The molecule has 0 aliphatic carbocycles. The minimum atomic E-state index is -0.959. The van der Waals surface area contributed by atoms with Crippen LogP contribution in [0.3, 0.4) is 0 Å². The van der Waals surface area contributed by atoms with E-state index in [9.17, 15) is 9.59 Å². The number of amides is 1. The summed E-state index contributed by atoms with van der Waals surface area (Å²) in [6, 6.07) is 8.34. The first-order valence-corrected chi connectivity index (χ1v) is 6.54. The second-order valence-corrected chi connectivity index (χ2v) is 4.80. The number of nitrogens with one attached hydrogen (secondary N) is 1. The normalized spacial score (nSPS) is 23.2. The number of hydrogen-bond acceptors (Lipinski definition) is 4. The summed E-state index contributed by atoms with van der Waals surface area (Å²) < 4.78 is 5.30. The van der Waals surface area contributed by atoms with Crippen LogP contribution in [0.1, 0.15) is 24.4 Å². The number of carbonyl (C=O) groups is 2. The molecule has 2 rings (SSSR count). The third-order valence-corrected chi connectivity index (χ3v) is 3.33. The summed E-state index contributed by atoms with van der Waals surface area (Å²) in [5.41, 5.74) is 6.59. The summed E-state index contributed by atoms with van der Waals surface area (Å²) >= 11 is 0. The number of rotatable bonds is 5. The molecule has 6 heteroatoms. The SMILES string of the molecule is N[C@@H](C(=O)NCC1CCC(C(=O)O)O1)c1ccccc1. The molecule has 0 spiro atoms. The lowest BCUT2D eigenvalue weighted by Crippen LogP contribution is -2.38. The van der Waals surface area contributed by atoms with Gasteiger partial charge in [-0.2, -0.15) is 0 Å². The van der Waals surface area contributed by atoms with Gasteiger partial charge in [0.05, 0.1) is 6.10 Å². The molecule has 1 aliphatic rings. The molecule has 108 valence electrons. The zero-order valence-corrected chi connectivity index (χ0v) is 11.0. The smallest absolute Gasteiger partial charge is 0.332 e. The van der Waals surface area contributed by atoms with Gasteiger partial charge >= 0.3 is 5.97 Å². The number of hydrogen-bond donors (Lipinski definition) is 3. The first-order chi connectivity index (χ1) is 9.58. The number of nitrogens with two attached hydrogens (primary N) is 1. The molecule has 1 aliphatic heterocycles. The molecule has 1 aromatic carbocycles. The monoisotopic (exact) mass is 278 g/mol. The predicted octanol–water partition coefficient (Wildman–Crippen LogP) is 0.435. The Labute approximate surface area is 116 Å². The fourth-order valence-electron chi connectivity index (χ4n) is 2.17. The number of carboxylic acids is 1. The first kappa shape index (κ1) is 14.5. The van der Waals surface area contributed by atoms with Gasteiger partial charge in [0.25, 0.3) is 0 Å². The van der Waals surface area contributed by atoms with Crippen LogP contribution in [0.25, 0.3) is 0 Å².